The topological polar surface area (TPSA) is 169 Å². The van der Waals surface area contributed by atoms with Gasteiger partial charge in [0.15, 0.2) is 17.1 Å². The van der Waals surface area contributed by atoms with Crippen molar-refractivity contribution in [1.29, 1.82) is 0 Å². The molecule has 2 aromatic rings. The zero-order chi connectivity index (χ0) is 16.0. The number of nitrogen functional groups attached to an aromatic ring is 1. The summed E-state index contributed by atoms with van der Waals surface area (Å²) in [6.07, 6.45) is 0.467. The van der Waals surface area contributed by atoms with E-state index in [1.165, 1.54) is 12.7 Å². The predicted octanol–water partition coefficient (Wildman–Crippen LogP) is -0.422. The van der Waals surface area contributed by atoms with Gasteiger partial charge in [0, 0.05) is 6.42 Å². The van der Waals surface area contributed by atoms with Gasteiger partial charge in [-0.05, 0) is 10.4 Å². The van der Waals surface area contributed by atoms with Crippen LogP contribution in [0.15, 0.2) is 33.3 Å². The van der Waals surface area contributed by atoms with Crippen LogP contribution in [0.3, 0.4) is 0 Å². The second kappa shape index (κ2) is 4.97. The lowest BCUT2D eigenvalue weighted by atomic mass is 9.94. The van der Waals surface area contributed by atoms with Gasteiger partial charge in [-0.2, -0.15) is 0 Å². The molecule has 0 bridgehead atoms. The number of nitrogens with zero attached hydrogens (tertiary/aromatic N) is 8. The molecule has 2 aromatic heterocycles. The highest BCUT2D eigenvalue weighted by atomic mass is 16.6. The Bertz CT molecular complexity index is 793. The zero-order valence-corrected chi connectivity index (χ0v) is 11.8. The van der Waals surface area contributed by atoms with Crippen LogP contribution in [0.1, 0.15) is 12.6 Å². The molecular weight excluding hydrogens is 306 g/mol. The molecule has 4 heterocycles. The molecule has 1 saturated heterocycles. The number of ether oxygens (including phenoxy) is 1. The summed E-state index contributed by atoms with van der Waals surface area (Å²) >= 11 is 0. The number of fused-ring (bicyclic) bond motifs is 1. The van der Waals surface area contributed by atoms with Crippen molar-refractivity contribution in [2.24, 2.45) is 20.7 Å². The van der Waals surface area contributed by atoms with E-state index in [9.17, 15) is 10.2 Å². The van der Waals surface area contributed by atoms with Gasteiger partial charge in [-0.25, -0.2) is 15.0 Å². The van der Waals surface area contributed by atoms with E-state index in [4.69, 9.17) is 10.5 Å². The summed E-state index contributed by atoms with van der Waals surface area (Å²) < 4.78 is 7.52. The molecule has 1 fully saturated rings. The van der Waals surface area contributed by atoms with E-state index in [0.717, 1.165) is 0 Å². The lowest BCUT2D eigenvalue weighted by Gasteiger charge is -2.30. The fourth-order valence-corrected chi connectivity index (χ4v) is 2.84. The molecule has 2 aliphatic heterocycles. The van der Waals surface area contributed by atoms with Crippen LogP contribution in [-0.4, -0.2) is 54.2 Å². The number of rotatable bonds is 3. The lowest BCUT2D eigenvalue weighted by Crippen LogP contribution is -2.51. The van der Waals surface area contributed by atoms with Crippen LogP contribution in [0.2, 0.25) is 0 Å². The lowest BCUT2D eigenvalue weighted by molar-refractivity contribution is -0.138. The van der Waals surface area contributed by atoms with Crippen molar-refractivity contribution in [3.8, 4) is 0 Å². The Hall–Kier alpha value is -2.57. The number of hydrogen-bond acceptors (Lipinski definition) is 11. The van der Waals surface area contributed by atoms with Gasteiger partial charge in [0.1, 0.15) is 18.1 Å². The van der Waals surface area contributed by atoms with Crippen LogP contribution >= 0.6 is 0 Å². The molecule has 0 amide bonds. The monoisotopic (exact) mass is 319 g/mol. The van der Waals surface area contributed by atoms with E-state index in [-0.39, 0.29) is 12.2 Å². The summed E-state index contributed by atoms with van der Waals surface area (Å²) in [7, 11) is 0. The number of aliphatic hydroxyl groups is 2. The molecule has 3 atom stereocenters. The van der Waals surface area contributed by atoms with Crippen molar-refractivity contribution in [2.45, 2.75) is 30.5 Å². The average Bonchev–Trinajstić information content (AvgIpc) is 3.25. The first-order chi connectivity index (χ1) is 11.2. The fraction of sp³-hybridized carbons (Fsp3) is 0.545. The van der Waals surface area contributed by atoms with Crippen LogP contribution in [-0.2, 0) is 4.74 Å². The Morgan fingerprint density at radius 2 is 2.09 bits per heavy atom. The van der Waals surface area contributed by atoms with E-state index < -0.39 is 30.7 Å². The van der Waals surface area contributed by atoms with Gasteiger partial charge >= 0.3 is 0 Å². The number of nitrogens with two attached hydrogens (primary N) is 1. The second-order valence-electron chi connectivity index (χ2n) is 5.30. The molecule has 2 aliphatic rings. The Morgan fingerprint density at radius 3 is 2.83 bits per heavy atom. The average molecular weight is 319 g/mol. The smallest absolute Gasteiger partial charge is 0.218 e. The second-order valence-corrected chi connectivity index (χ2v) is 5.30. The maximum atomic E-state index is 10.4. The molecular formula is C11H13N9O3. The maximum absolute atomic E-state index is 10.4. The summed E-state index contributed by atoms with van der Waals surface area (Å²) in [6, 6.07) is 0. The van der Waals surface area contributed by atoms with E-state index in [1.807, 2.05) is 0 Å². The molecule has 0 radical (unpaired) electrons. The molecule has 0 spiro atoms. The molecule has 23 heavy (non-hydrogen) atoms. The molecule has 12 heteroatoms. The molecule has 4 N–H and O–H groups in total. The summed E-state index contributed by atoms with van der Waals surface area (Å²) in [5.74, 6) is 0.249. The van der Waals surface area contributed by atoms with Crippen LogP contribution in [0, 0.1) is 0 Å². The van der Waals surface area contributed by atoms with Gasteiger partial charge in [-0.15, -0.1) is 10.2 Å². The predicted molar refractivity (Wildman–Crippen MR) is 73.8 cm³/mol. The highest BCUT2D eigenvalue weighted by molar-refractivity contribution is 5.81. The van der Waals surface area contributed by atoms with Gasteiger partial charge in [0.25, 0.3) is 0 Å². The Morgan fingerprint density at radius 1 is 1.30 bits per heavy atom. The summed E-state index contributed by atoms with van der Waals surface area (Å²) in [5, 5.41) is 34.6. The molecule has 0 unspecified atom stereocenters. The van der Waals surface area contributed by atoms with Crippen LogP contribution in [0.4, 0.5) is 5.82 Å². The van der Waals surface area contributed by atoms with Gasteiger partial charge in [-0.1, -0.05) is 0 Å². The van der Waals surface area contributed by atoms with Crippen molar-refractivity contribution < 1.29 is 14.9 Å². The first kappa shape index (κ1) is 14.0. The third-order valence-corrected chi connectivity index (χ3v) is 4.09. The number of imidazole rings is 1. The first-order valence-electron chi connectivity index (χ1n) is 6.85. The number of aliphatic hydroxyl groups excluding tert-OH is 2. The number of aromatic nitrogens is 4. The summed E-state index contributed by atoms with van der Waals surface area (Å²) in [6.45, 7) is -0.489. The van der Waals surface area contributed by atoms with Crippen LogP contribution < -0.4 is 5.73 Å². The third-order valence-electron chi connectivity index (χ3n) is 4.09. The maximum Gasteiger partial charge on any atom is 0.218 e. The van der Waals surface area contributed by atoms with Crippen molar-refractivity contribution in [2.75, 3.05) is 12.3 Å². The SMILES string of the molecule is Nc1ncnc2c1ncn2[C@H]1C[C@H](O)[C@](CO)(C2N=NN=N2)O1. The van der Waals surface area contributed by atoms with Crippen molar-refractivity contribution >= 4 is 17.0 Å². The van der Waals surface area contributed by atoms with Gasteiger partial charge in [-0.3, -0.25) is 4.57 Å². The van der Waals surface area contributed by atoms with Gasteiger partial charge in [0.05, 0.1) is 19.0 Å². The minimum Gasteiger partial charge on any atom is -0.393 e. The molecule has 0 saturated carbocycles. The van der Waals surface area contributed by atoms with E-state index in [1.54, 1.807) is 4.57 Å². The fourth-order valence-electron chi connectivity index (χ4n) is 2.84. The summed E-state index contributed by atoms with van der Waals surface area (Å²) in [5.41, 5.74) is 5.26. The first-order valence-corrected chi connectivity index (χ1v) is 6.85. The third kappa shape index (κ3) is 1.92. The Kier molecular flexibility index (Phi) is 3.04. The highest BCUT2D eigenvalue weighted by Gasteiger charge is 2.55. The largest absolute Gasteiger partial charge is 0.393 e. The van der Waals surface area contributed by atoms with Gasteiger partial charge in [0.2, 0.25) is 6.17 Å². The Balaban J connectivity index is 1.72. The molecule has 4 rings (SSSR count). The standard InChI is InChI=1S/C11H13N9O3/c12-8-7-9(14-3-13-8)20(4-15-7)6-1-5(22)11(2-21,23-6)10-16-18-19-17-10/h3-6,10,21-22H,1-2H2,(H2,12,13,14)/t5-,6+,11+/m0/s1. The van der Waals surface area contributed by atoms with Crippen molar-refractivity contribution in [1.82, 2.24) is 19.5 Å². The van der Waals surface area contributed by atoms with E-state index >= 15 is 0 Å². The van der Waals surface area contributed by atoms with Crippen LogP contribution in [0.5, 0.6) is 0 Å². The molecule has 0 aromatic carbocycles. The number of anilines is 1. The van der Waals surface area contributed by atoms with Gasteiger partial charge < -0.3 is 20.7 Å². The minimum absolute atomic E-state index is 0.192. The normalized spacial score (nSPS) is 30.7. The van der Waals surface area contributed by atoms with E-state index in [2.05, 4.69) is 35.6 Å². The van der Waals surface area contributed by atoms with Crippen molar-refractivity contribution in [3.63, 3.8) is 0 Å². The van der Waals surface area contributed by atoms with Crippen LogP contribution in [0.25, 0.3) is 11.2 Å². The highest BCUT2D eigenvalue weighted by Crippen LogP contribution is 2.42. The Labute approximate surface area is 128 Å². The zero-order valence-electron chi connectivity index (χ0n) is 11.8. The molecule has 120 valence electrons. The minimum atomic E-state index is -1.41. The van der Waals surface area contributed by atoms with E-state index in [0.29, 0.717) is 11.2 Å². The quantitative estimate of drug-likeness (QED) is 0.689. The molecule has 0 aliphatic carbocycles. The number of hydrogen-bond donors (Lipinski definition) is 3. The van der Waals surface area contributed by atoms with Crippen molar-refractivity contribution in [3.05, 3.63) is 12.7 Å². The summed E-state index contributed by atoms with van der Waals surface area (Å²) in [4.78, 5) is 12.2. The molecule has 12 nitrogen and oxygen atoms in total.